The number of aliphatic hydroxyl groups excluding tert-OH is 1. The van der Waals surface area contributed by atoms with E-state index in [1.165, 1.54) is 19.3 Å². The van der Waals surface area contributed by atoms with Gasteiger partial charge in [0.1, 0.15) is 6.10 Å². The number of carbonyl (C=O) groups excluding carboxylic acids is 2. The van der Waals surface area contributed by atoms with Gasteiger partial charge in [-0.1, -0.05) is 32.9 Å². The number of anilines is 1. The Kier molecular flexibility index (Phi) is 9.14. The van der Waals surface area contributed by atoms with E-state index in [1.54, 1.807) is 6.08 Å². The van der Waals surface area contributed by atoms with Crippen LogP contribution >= 0.6 is 0 Å². The summed E-state index contributed by atoms with van der Waals surface area (Å²) in [5.41, 5.74) is 3.14. The second kappa shape index (κ2) is 12.3. The predicted molar refractivity (Wildman–Crippen MR) is 168 cm³/mol. The van der Waals surface area contributed by atoms with Crippen LogP contribution in [0.5, 0.6) is 0 Å². The summed E-state index contributed by atoms with van der Waals surface area (Å²) in [6.45, 7) is 15.4. The molecule has 42 heavy (non-hydrogen) atoms. The first kappa shape index (κ1) is 31.1. The molecule has 4 fully saturated rings. The lowest BCUT2D eigenvalue weighted by Gasteiger charge is -2.62. The zero-order valence-electron chi connectivity index (χ0n) is 26.6. The van der Waals surface area contributed by atoms with Gasteiger partial charge in [0.15, 0.2) is 0 Å². The fourth-order valence-electron chi connectivity index (χ4n) is 10.4. The fraction of sp³-hybridized carbons (Fsp3) is 0.722. The summed E-state index contributed by atoms with van der Waals surface area (Å²) >= 11 is 0. The summed E-state index contributed by atoms with van der Waals surface area (Å²) in [6, 6.07) is 6.05. The summed E-state index contributed by atoms with van der Waals surface area (Å²) in [5, 5.41) is 17.7. The molecule has 0 aromatic heterocycles. The Morgan fingerprint density at radius 2 is 1.81 bits per heavy atom. The molecule has 0 unspecified atom stereocenters. The third kappa shape index (κ3) is 5.89. The van der Waals surface area contributed by atoms with Crippen LogP contribution in [-0.2, 0) is 9.53 Å². The fourth-order valence-corrected chi connectivity index (χ4v) is 10.4. The number of rotatable bonds is 8. The van der Waals surface area contributed by atoms with E-state index in [4.69, 9.17) is 4.74 Å². The molecule has 0 aliphatic heterocycles. The highest BCUT2D eigenvalue weighted by molar-refractivity contribution is 5.85. The minimum Gasteiger partial charge on any atom is -0.446 e. The molecule has 0 spiro atoms. The van der Waals surface area contributed by atoms with Crippen LogP contribution in [0.15, 0.2) is 30.9 Å². The molecule has 1 aromatic carbocycles. The minimum atomic E-state index is -0.351. The lowest BCUT2D eigenvalue weighted by molar-refractivity contribution is -0.174. The zero-order valence-corrected chi connectivity index (χ0v) is 26.6. The van der Waals surface area contributed by atoms with E-state index in [0.717, 1.165) is 55.3 Å². The van der Waals surface area contributed by atoms with E-state index in [2.05, 4.69) is 44.1 Å². The SMILES string of the molecule is C=CCNC(=O)CC[C@@H](C)[C@H]1CC[C@H]2[C@@H]3CC[C@@H]4C[C@H](OC(=O)Nc5cc(C)cc(C)c5)CC[C@]4(C)[C@H]3C[C@H](O)[C@]12C. The number of fused-ring (bicyclic) bond motifs is 5. The standard InChI is InChI=1S/C36H54N2O4/c1-7-16-37-33(40)13-8-24(4)29-11-12-30-28-10-9-25-20-27(42-34(41)38-26-18-22(2)17-23(3)19-26)14-15-35(25,5)31(28)21-32(39)36(29,30)6/h7,17-19,24-25,27-32,39H,1,8-16,20-21H2,2-6H3,(H,37,40)(H,38,41)/t24-,25-,27-,28+,29-,30+,31+,32+,35+,36-/m1/s1. The summed E-state index contributed by atoms with van der Waals surface area (Å²) in [7, 11) is 0. The highest BCUT2D eigenvalue weighted by Crippen LogP contribution is 2.68. The quantitative estimate of drug-likeness (QED) is 0.278. The van der Waals surface area contributed by atoms with Crippen LogP contribution in [-0.4, -0.2) is 35.9 Å². The van der Waals surface area contributed by atoms with Crippen molar-refractivity contribution in [3.63, 3.8) is 0 Å². The molecule has 0 bridgehead atoms. The number of hydrogen-bond acceptors (Lipinski definition) is 4. The molecular formula is C36H54N2O4. The summed E-state index contributed by atoms with van der Waals surface area (Å²) in [4.78, 5) is 25.1. The largest absolute Gasteiger partial charge is 0.446 e. The lowest BCUT2D eigenvalue weighted by Crippen LogP contribution is -2.59. The number of aryl methyl sites for hydroxylation is 2. The number of hydrogen-bond donors (Lipinski definition) is 3. The van der Waals surface area contributed by atoms with Crippen LogP contribution in [0.2, 0.25) is 0 Å². The molecule has 0 radical (unpaired) electrons. The highest BCUT2D eigenvalue weighted by atomic mass is 16.6. The van der Waals surface area contributed by atoms with Gasteiger partial charge in [0.25, 0.3) is 0 Å². The molecule has 5 rings (SSSR count). The van der Waals surface area contributed by atoms with E-state index in [1.807, 2.05) is 26.0 Å². The maximum Gasteiger partial charge on any atom is 0.411 e. The van der Waals surface area contributed by atoms with Crippen LogP contribution in [0.25, 0.3) is 0 Å². The molecule has 10 atom stereocenters. The number of benzene rings is 1. The second-order valence-electron chi connectivity index (χ2n) is 14.9. The van der Waals surface area contributed by atoms with Gasteiger partial charge < -0.3 is 15.2 Å². The number of aliphatic hydroxyl groups is 1. The van der Waals surface area contributed by atoms with Crippen molar-refractivity contribution in [2.24, 2.45) is 46.3 Å². The average molecular weight is 579 g/mol. The molecule has 232 valence electrons. The summed E-state index contributed by atoms with van der Waals surface area (Å²) in [6.07, 6.45) is 10.9. The second-order valence-corrected chi connectivity index (χ2v) is 14.9. The van der Waals surface area contributed by atoms with Crippen molar-refractivity contribution in [2.75, 3.05) is 11.9 Å². The first-order valence-corrected chi connectivity index (χ1v) is 16.6. The van der Waals surface area contributed by atoms with Gasteiger partial charge in [-0.25, -0.2) is 4.79 Å². The van der Waals surface area contributed by atoms with Gasteiger partial charge in [-0.2, -0.15) is 0 Å². The van der Waals surface area contributed by atoms with Crippen molar-refractivity contribution in [3.05, 3.63) is 42.0 Å². The smallest absolute Gasteiger partial charge is 0.411 e. The normalized spacial score (nSPS) is 37.9. The molecule has 1 aromatic rings. The number of ether oxygens (including phenoxy) is 1. The molecule has 4 saturated carbocycles. The van der Waals surface area contributed by atoms with Gasteiger partial charge in [0, 0.05) is 18.7 Å². The van der Waals surface area contributed by atoms with Crippen molar-refractivity contribution in [1.82, 2.24) is 5.32 Å². The topological polar surface area (TPSA) is 87.7 Å². The predicted octanol–water partition coefficient (Wildman–Crippen LogP) is 7.57. The maximum atomic E-state index is 12.8. The van der Waals surface area contributed by atoms with Crippen molar-refractivity contribution in [3.8, 4) is 0 Å². The third-order valence-corrected chi connectivity index (χ3v) is 12.5. The molecule has 4 aliphatic carbocycles. The van der Waals surface area contributed by atoms with E-state index >= 15 is 0 Å². The average Bonchev–Trinajstić information content (AvgIpc) is 3.29. The Morgan fingerprint density at radius 3 is 2.52 bits per heavy atom. The van der Waals surface area contributed by atoms with Crippen LogP contribution in [0, 0.1) is 60.2 Å². The van der Waals surface area contributed by atoms with Gasteiger partial charge in [-0.15, -0.1) is 6.58 Å². The van der Waals surface area contributed by atoms with Gasteiger partial charge in [-0.3, -0.25) is 10.1 Å². The summed E-state index contributed by atoms with van der Waals surface area (Å²) < 4.78 is 5.98. The molecule has 0 heterocycles. The number of nitrogens with one attached hydrogen (secondary N) is 2. The van der Waals surface area contributed by atoms with Crippen molar-refractivity contribution in [1.29, 1.82) is 0 Å². The molecule has 6 nitrogen and oxygen atoms in total. The zero-order chi connectivity index (χ0) is 30.2. The Labute approximate surface area is 253 Å². The summed E-state index contributed by atoms with van der Waals surface area (Å²) in [5.74, 6) is 3.20. The Hall–Kier alpha value is -2.34. The van der Waals surface area contributed by atoms with Gasteiger partial charge in [0.05, 0.1) is 6.10 Å². The van der Waals surface area contributed by atoms with Gasteiger partial charge in [-0.05, 0) is 141 Å². The van der Waals surface area contributed by atoms with Crippen molar-refractivity contribution in [2.45, 2.75) is 111 Å². The Morgan fingerprint density at radius 1 is 1.07 bits per heavy atom. The molecule has 6 heteroatoms. The lowest BCUT2D eigenvalue weighted by atomic mass is 9.43. The van der Waals surface area contributed by atoms with Gasteiger partial charge >= 0.3 is 6.09 Å². The van der Waals surface area contributed by atoms with E-state index in [9.17, 15) is 14.7 Å². The maximum absolute atomic E-state index is 12.8. The molecule has 2 amide bonds. The van der Waals surface area contributed by atoms with Gasteiger partial charge in [0.2, 0.25) is 5.91 Å². The number of carbonyl (C=O) groups is 2. The van der Waals surface area contributed by atoms with Crippen molar-refractivity contribution >= 4 is 17.7 Å². The first-order chi connectivity index (χ1) is 19.9. The van der Waals surface area contributed by atoms with E-state index in [-0.39, 0.29) is 35.0 Å². The van der Waals surface area contributed by atoms with E-state index < -0.39 is 0 Å². The van der Waals surface area contributed by atoms with Crippen LogP contribution in [0.1, 0.15) is 96.1 Å². The minimum absolute atomic E-state index is 0.0512. The number of amides is 2. The van der Waals surface area contributed by atoms with Crippen LogP contribution < -0.4 is 10.6 Å². The van der Waals surface area contributed by atoms with Crippen molar-refractivity contribution < 1.29 is 19.4 Å². The third-order valence-electron chi connectivity index (χ3n) is 12.5. The molecule has 3 N–H and O–H groups in total. The van der Waals surface area contributed by atoms with E-state index in [0.29, 0.717) is 48.5 Å². The van der Waals surface area contributed by atoms with Crippen LogP contribution in [0.4, 0.5) is 10.5 Å². The monoisotopic (exact) mass is 578 g/mol. The molecule has 0 saturated heterocycles. The molecular weight excluding hydrogens is 524 g/mol. The van der Waals surface area contributed by atoms with Crippen LogP contribution in [0.3, 0.4) is 0 Å². The first-order valence-electron chi connectivity index (χ1n) is 16.6. The Balaban J connectivity index is 1.21. The Bertz CT molecular complexity index is 1150. The highest BCUT2D eigenvalue weighted by Gasteiger charge is 2.63. The molecule has 4 aliphatic rings.